The van der Waals surface area contributed by atoms with E-state index in [1.807, 2.05) is 12.1 Å². The van der Waals surface area contributed by atoms with E-state index < -0.39 is 5.69 Å². The lowest BCUT2D eigenvalue weighted by Crippen LogP contribution is -2.23. The summed E-state index contributed by atoms with van der Waals surface area (Å²) in [6.45, 7) is 0. The van der Waals surface area contributed by atoms with Crippen LogP contribution in [0.25, 0.3) is 16.7 Å². The minimum atomic E-state index is -0.444. The first-order valence-electron chi connectivity index (χ1n) is 6.72. The minimum Gasteiger partial charge on any atom is -0.259 e. The van der Waals surface area contributed by atoms with Crippen molar-refractivity contribution < 1.29 is 0 Å². The molecule has 4 rings (SSSR count). The SMILES string of the molecule is O=c1nc(Cl)c2ccc(C3CC3)cc2n1-c1cnccn1. The van der Waals surface area contributed by atoms with Gasteiger partial charge >= 0.3 is 5.69 Å². The molecule has 0 saturated heterocycles. The number of benzene rings is 1. The molecule has 1 aliphatic rings. The average molecular weight is 299 g/mol. The maximum absolute atomic E-state index is 12.3. The summed E-state index contributed by atoms with van der Waals surface area (Å²) in [6.07, 6.45) is 7.04. The number of fused-ring (bicyclic) bond motifs is 1. The number of rotatable bonds is 2. The molecular weight excluding hydrogens is 288 g/mol. The van der Waals surface area contributed by atoms with Crippen LogP contribution in [0.15, 0.2) is 41.6 Å². The standard InChI is InChI=1S/C15H11ClN4O/c16-14-11-4-3-10(9-1-2-9)7-12(11)20(15(21)19-14)13-8-17-5-6-18-13/h3-9H,1-2H2. The van der Waals surface area contributed by atoms with Crippen LogP contribution in [0.3, 0.4) is 0 Å². The van der Waals surface area contributed by atoms with Crippen molar-refractivity contribution in [2.45, 2.75) is 18.8 Å². The lowest BCUT2D eigenvalue weighted by molar-refractivity contribution is 0.908. The Labute approximate surface area is 125 Å². The fraction of sp³-hybridized carbons (Fsp3) is 0.200. The largest absolute Gasteiger partial charge is 0.355 e. The molecule has 1 fully saturated rings. The van der Waals surface area contributed by atoms with Gasteiger partial charge in [-0.3, -0.25) is 4.98 Å². The molecule has 5 nitrogen and oxygen atoms in total. The molecule has 1 aliphatic carbocycles. The zero-order chi connectivity index (χ0) is 14.4. The van der Waals surface area contributed by atoms with Gasteiger partial charge in [0.05, 0.1) is 11.7 Å². The molecule has 104 valence electrons. The van der Waals surface area contributed by atoms with Crippen molar-refractivity contribution in [3.63, 3.8) is 0 Å². The number of aromatic nitrogens is 4. The summed E-state index contributed by atoms with van der Waals surface area (Å²) in [4.78, 5) is 24.3. The van der Waals surface area contributed by atoms with Crippen molar-refractivity contribution in [3.05, 3.63) is 58.0 Å². The molecule has 0 bridgehead atoms. The summed E-state index contributed by atoms with van der Waals surface area (Å²) in [5, 5.41) is 0.962. The predicted octanol–water partition coefficient (Wildman–Crippen LogP) is 2.71. The third-order valence-electron chi connectivity index (χ3n) is 3.70. The van der Waals surface area contributed by atoms with Crippen LogP contribution in [-0.4, -0.2) is 19.5 Å². The number of halogens is 1. The summed E-state index contributed by atoms with van der Waals surface area (Å²) in [5.74, 6) is 1.04. The van der Waals surface area contributed by atoms with Crippen LogP contribution in [-0.2, 0) is 0 Å². The zero-order valence-corrected chi connectivity index (χ0v) is 11.8. The molecule has 3 aromatic rings. The fourth-order valence-electron chi connectivity index (χ4n) is 2.50. The average Bonchev–Trinajstić information content (AvgIpc) is 3.32. The Kier molecular flexibility index (Phi) is 2.75. The van der Waals surface area contributed by atoms with E-state index in [0.29, 0.717) is 11.7 Å². The normalized spacial score (nSPS) is 14.5. The molecule has 0 aliphatic heterocycles. The van der Waals surface area contributed by atoms with Crippen LogP contribution in [0, 0.1) is 0 Å². The van der Waals surface area contributed by atoms with Crippen LogP contribution in [0.2, 0.25) is 5.15 Å². The van der Waals surface area contributed by atoms with Crippen LogP contribution in [0.1, 0.15) is 24.3 Å². The van der Waals surface area contributed by atoms with Crippen molar-refractivity contribution in [1.82, 2.24) is 19.5 Å². The Morgan fingerprint density at radius 1 is 1.24 bits per heavy atom. The summed E-state index contributed by atoms with van der Waals surface area (Å²) in [7, 11) is 0. The van der Waals surface area contributed by atoms with Gasteiger partial charge in [-0.1, -0.05) is 17.7 Å². The zero-order valence-electron chi connectivity index (χ0n) is 11.0. The van der Waals surface area contributed by atoms with Gasteiger partial charge in [0.1, 0.15) is 5.15 Å². The van der Waals surface area contributed by atoms with E-state index in [1.54, 1.807) is 18.6 Å². The number of hydrogen-bond acceptors (Lipinski definition) is 4. The second kappa shape index (κ2) is 4.63. The first-order chi connectivity index (χ1) is 10.2. The van der Waals surface area contributed by atoms with E-state index in [9.17, 15) is 4.79 Å². The van der Waals surface area contributed by atoms with Gasteiger partial charge in [0.2, 0.25) is 0 Å². The summed E-state index contributed by atoms with van der Waals surface area (Å²) in [6, 6.07) is 5.99. The lowest BCUT2D eigenvalue weighted by Gasteiger charge is -2.10. The monoisotopic (exact) mass is 298 g/mol. The van der Waals surface area contributed by atoms with Gasteiger partial charge in [0, 0.05) is 17.8 Å². The second-order valence-corrected chi connectivity index (χ2v) is 5.49. The van der Waals surface area contributed by atoms with E-state index in [0.717, 1.165) is 10.9 Å². The Hall–Kier alpha value is -2.27. The molecule has 0 N–H and O–H groups in total. The molecule has 0 radical (unpaired) electrons. The highest BCUT2D eigenvalue weighted by molar-refractivity contribution is 6.34. The van der Waals surface area contributed by atoms with Gasteiger partial charge in [-0.2, -0.15) is 4.98 Å². The highest BCUT2D eigenvalue weighted by Gasteiger charge is 2.24. The topological polar surface area (TPSA) is 60.7 Å². The molecule has 1 aromatic carbocycles. The van der Waals surface area contributed by atoms with Gasteiger partial charge < -0.3 is 0 Å². The third kappa shape index (κ3) is 2.10. The molecule has 0 amide bonds. The lowest BCUT2D eigenvalue weighted by atomic mass is 10.1. The van der Waals surface area contributed by atoms with Crippen LogP contribution >= 0.6 is 11.6 Å². The van der Waals surface area contributed by atoms with Crippen LogP contribution in [0.4, 0.5) is 0 Å². The van der Waals surface area contributed by atoms with Gasteiger partial charge in [0.25, 0.3) is 0 Å². The van der Waals surface area contributed by atoms with E-state index >= 15 is 0 Å². The summed E-state index contributed by atoms with van der Waals surface area (Å²) < 4.78 is 1.46. The Morgan fingerprint density at radius 3 is 2.81 bits per heavy atom. The van der Waals surface area contributed by atoms with E-state index in [-0.39, 0.29) is 5.15 Å². The third-order valence-corrected chi connectivity index (χ3v) is 3.99. The number of nitrogens with zero attached hydrogens (tertiary/aromatic N) is 4. The van der Waals surface area contributed by atoms with Crippen molar-refractivity contribution in [1.29, 1.82) is 0 Å². The maximum Gasteiger partial charge on any atom is 0.355 e. The van der Waals surface area contributed by atoms with Gasteiger partial charge in [-0.05, 0) is 36.5 Å². The molecule has 0 unspecified atom stereocenters. The van der Waals surface area contributed by atoms with Gasteiger partial charge in [0.15, 0.2) is 5.82 Å². The second-order valence-electron chi connectivity index (χ2n) is 5.14. The molecular formula is C15H11ClN4O. The smallest absolute Gasteiger partial charge is 0.259 e. The highest BCUT2D eigenvalue weighted by atomic mass is 35.5. The maximum atomic E-state index is 12.3. The van der Waals surface area contributed by atoms with Gasteiger partial charge in [-0.25, -0.2) is 14.3 Å². The molecule has 1 saturated carbocycles. The van der Waals surface area contributed by atoms with E-state index in [1.165, 1.54) is 23.0 Å². The van der Waals surface area contributed by atoms with Crippen molar-refractivity contribution in [2.24, 2.45) is 0 Å². The first kappa shape index (κ1) is 12.5. The Morgan fingerprint density at radius 2 is 2.10 bits per heavy atom. The molecule has 2 heterocycles. The highest BCUT2D eigenvalue weighted by Crippen LogP contribution is 2.41. The predicted molar refractivity (Wildman–Crippen MR) is 79.9 cm³/mol. The van der Waals surface area contributed by atoms with Crippen molar-refractivity contribution >= 4 is 22.5 Å². The number of hydrogen-bond donors (Lipinski definition) is 0. The molecule has 0 spiro atoms. The molecule has 21 heavy (non-hydrogen) atoms. The van der Waals surface area contributed by atoms with Crippen LogP contribution in [0.5, 0.6) is 0 Å². The molecule has 2 aromatic heterocycles. The van der Waals surface area contributed by atoms with Crippen molar-refractivity contribution in [2.75, 3.05) is 0 Å². The van der Waals surface area contributed by atoms with E-state index in [4.69, 9.17) is 11.6 Å². The summed E-state index contributed by atoms with van der Waals surface area (Å²) >= 11 is 6.11. The summed E-state index contributed by atoms with van der Waals surface area (Å²) in [5.41, 5.74) is 1.51. The fourth-order valence-corrected chi connectivity index (χ4v) is 2.74. The Balaban J connectivity index is 2.08. The van der Waals surface area contributed by atoms with Crippen LogP contribution < -0.4 is 5.69 Å². The first-order valence-corrected chi connectivity index (χ1v) is 7.10. The van der Waals surface area contributed by atoms with E-state index in [2.05, 4.69) is 21.0 Å². The molecule has 0 atom stereocenters. The Bertz CT molecular complexity index is 887. The van der Waals surface area contributed by atoms with Gasteiger partial charge in [-0.15, -0.1) is 0 Å². The van der Waals surface area contributed by atoms with Crippen molar-refractivity contribution in [3.8, 4) is 5.82 Å². The quantitative estimate of drug-likeness (QED) is 0.683. The minimum absolute atomic E-state index is 0.220. The molecule has 6 heteroatoms.